The van der Waals surface area contributed by atoms with Crippen molar-refractivity contribution in [3.05, 3.63) is 42.5 Å². The average Bonchev–Trinajstić information content (AvgIpc) is 2.83. The zero-order valence-electron chi connectivity index (χ0n) is 12.2. The molecule has 2 N–H and O–H groups in total. The molecular weight excluding hydrogens is 288 g/mol. The average molecular weight is 308 g/mol. The third kappa shape index (κ3) is 4.78. The highest BCUT2D eigenvalue weighted by Crippen LogP contribution is 2.17. The fourth-order valence-electron chi connectivity index (χ4n) is 2.04. The van der Waals surface area contributed by atoms with E-state index in [4.69, 9.17) is 0 Å². The van der Waals surface area contributed by atoms with Crippen molar-refractivity contribution in [2.45, 2.75) is 26.4 Å². The largest absolute Gasteiger partial charge is 0.379 e. The van der Waals surface area contributed by atoms with Crippen molar-refractivity contribution < 1.29 is 8.42 Å². The van der Waals surface area contributed by atoms with Crippen LogP contribution in [0.5, 0.6) is 0 Å². The van der Waals surface area contributed by atoms with E-state index in [0.29, 0.717) is 12.2 Å². The van der Waals surface area contributed by atoms with Crippen LogP contribution in [0.3, 0.4) is 0 Å². The lowest BCUT2D eigenvalue weighted by Crippen LogP contribution is -2.10. The van der Waals surface area contributed by atoms with Crippen LogP contribution in [-0.2, 0) is 23.1 Å². The monoisotopic (exact) mass is 308 g/mol. The molecule has 0 saturated heterocycles. The lowest BCUT2D eigenvalue weighted by Gasteiger charge is -2.11. The third-order valence-corrected chi connectivity index (χ3v) is 3.51. The van der Waals surface area contributed by atoms with Crippen LogP contribution < -0.4 is 10.0 Å². The second kappa shape index (κ2) is 6.62. The predicted molar refractivity (Wildman–Crippen MR) is 84.8 cm³/mol. The van der Waals surface area contributed by atoms with Gasteiger partial charge in [-0.1, -0.05) is 13.0 Å². The first-order valence-electron chi connectivity index (χ1n) is 6.78. The molecule has 0 atom stereocenters. The number of hydrogen-bond acceptors (Lipinski definition) is 4. The molecule has 0 amide bonds. The lowest BCUT2D eigenvalue weighted by molar-refractivity contribution is 0.607. The van der Waals surface area contributed by atoms with Crippen molar-refractivity contribution in [1.82, 2.24) is 9.55 Å². The normalized spacial score (nSPS) is 11.3. The van der Waals surface area contributed by atoms with Gasteiger partial charge < -0.3 is 9.88 Å². The number of aryl methyl sites for hydroxylation is 1. The first-order valence-corrected chi connectivity index (χ1v) is 8.68. The van der Waals surface area contributed by atoms with Crippen molar-refractivity contribution in [3.8, 4) is 0 Å². The van der Waals surface area contributed by atoms with E-state index in [9.17, 15) is 8.42 Å². The lowest BCUT2D eigenvalue weighted by atomic mass is 10.3. The highest BCUT2D eigenvalue weighted by molar-refractivity contribution is 7.92. The van der Waals surface area contributed by atoms with Crippen molar-refractivity contribution in [1.29, 1.82) is 0 Å². The van der Waals surface area contributed by atoms with E-state index in [1.165, 1.54) is 0 Å². The van der Waals surface area contributed by atoms with Crippen LogP contribution >= 0.6 is 0 Å². The maximum absolute atomic E-state index is 11.2. The highest BCUT2D eigenvalue weighted by Gasteiger charge is 2.04. The summed E-state index contributed by atoms with van der Waals surface area (Å²) in [6, 6.07) is 7.18. The molecule has 0 saturated carbocycles. The molecule has 7 heteroatoms. The van der Waals surface area contributed by atoms with Gasteiger partial charge in [0.25, 0.3) is 0 Å². The van der Waals surface area contributed by atoms with E-state index in [-0.39, 0.29) is 0 Å². The Bertz CT molecular complexity index is 695. The van der Waals surface area contributed by atoms with Crippen molar-refractivity contribution >= 4 is 21.4 Å². The second-order valence-electron chi connectivity index (χ2n) is 4.89. The number of hydrogen-bond donors (Lipinski definition) is 2. The van der Waals surface area contributed by atoms with Crippen LogP contribution in [0.2, 0.25) is 0 Å². The SMILES string of the molecule is CCCn1cncc1CNc1cccc(NS(C)(=O)=O)c1. The summed E-state index contributed by atoms with van der Waals surface area (Å²) in [5, 5.41) is 3.28. The van der Waals surface area contributed by atoms with Gasteiger partial charge in [0, 0.05) is 18.4 Å². The zero-order valence-corrected chi connectivity index (χ0v) is 13.0. The standard InChI is InChI=1S/C14H20N4O2S/c1-3-7-18-11-15-9-14(18)10-16-12-5-4-6-13(8-12)17-21(2,19)20/h4-6,8-9,11,16-17H,3,7,10H2,1-2H3. The van der Waals surface area contributed by atoms with Crippen LogP contribution in [0, 0.1) is 0 Å². The number of imidazole rings is 1. The maximum atomic E-state index is 11.2. The Hall–Kier alpha value is -2.02. The smallest absolute Gasteiger partial charge is 0.229 e. The van der Waals surface area contributed by atoms with Crippen LogP contribution in [0.15, 0.2) is 36.8 Å². The quantitative estimate of drug-likeness (QED) is 0.823. The van der Waals surface area contributed by atoms with Crippen molar-refractivity contribution in [2.24, 2.45) is 0 Å². The van der Waals surface area contributed by atoms with E-state index >= 15 is 0 Å². The summed E-state index contributed by atoms with van der Waals surface area (Å²) >= 11 is 0. The minimum absolute atomic E-state index is 0.546. The molecular formula is C14H20N4O2S. The molecule has 2 aromatic rings. The Morgan fingerprint density at radius 2 is 2.05 bits per heavy atom. The molecule has 0 bridgehead atoms. The number of benzene rings is 1. The molecule has 0 aliphatic heterocycles. The van der Waals surface area contributed by atoms with Gasteiger partial charge in [-0.15, -0.1) is 0 Å². The summed E-state index contributed by atoms with van der Waals surface area (Å²) in [4.78, 5) is 4.15. The molecule has 0 spiro atoms. The molecule has 1 aromatic carbocycles. The summed E-state index contributed by atoms with van der Waals surface area (Å²) in [5.74, 6) is 0. The third-order valence-electron chi connectivity index (χ3n) is 2.90. The van der Waals surface area contributed by atoms with Crippen molar-refractivity contribution in [2.75, 3.05) is 16.3 Å². The molecule has 1 heterocycles. The Balaban J connectivity index is 2.03. The Labute approximate surface area is 125 Å². The number of aromatic nitrogens is 2. The first kappa shape index (κ1) is 15.4. The molecule has 0 fully saturated rings. The molecule has 0 unspecified atom stereocenters. The fraction of sp³-hybridized carbons (Fsp3) is 0.357. The minimum atomic E-state index is -3.26. The van der Waals surface area contributed by atoms with Gasteiger partial charge in [0.1, 0.15) is 0 Å². The molecule has 1 aromatic heterocycles. The van der Waals surface area contributed by atoms with Crippen LogP contribution in [0.25, 0.3) is 0 Å². The van der Waals surface area contributed by atoms with Crippen molar-refractivity contribution in [3.63, 3.8) is 0 Å². The first-order chi connectivity index (χ1) is 9.98. The Kier molecular flexibility index (Phi) is 4.85. The molecule has 21 heavy (non-hydrogen) atoms. The molecule has 0 aliphatic rings. The second-order valence-corrected chi connectivity index (χ2v) is 6.64. The molecule has 114 valence electrons. The number of anilines is 2. The summed E-state index contributed by atoms with van der Waals surface area (Å²) in [6.07, 6.45) is 5.84. The van der Waals surface area contributed by atoms with Gasteiger partial charge in [0.05, 0.1) is 30.5 Å². The topological polar surface area (TPSA) is 76.0 Å². The number of nitrogens with one attached hydrogen (secondary N) is 2. The molecule has 2 rings (SSSR count). The molecule has 0 aliphatic carbocycles. The number of rotatable bonds is 7. The van der Waals surface area contributed by atoms with Gasteiger partial charge in [-0.2, -0.15) is 0 Å². The van der Waals surface area contributed by atoms with Crippen LogP contribution in [-0.4, -0.2) is 24.2 Å². The van der Waals surface area contributed by atoms with Gasteiger partial charge in [-0.05, 0) is 24.6 Å². The van der Waals surface area contributed by atoms with E-state index in [0.717, 1.165) is 30.6 Å². The van der Waals surface area contributed by atoms with Crippen LogP contribution in [0.1, 0.15) is 19.0 Å². The molecule has 6 nitrogen and oxygen atoms in total. The van der Waals surface area contributed by atoms with E-state index in [1.807, 2.05) is 18.6 Å². The minimum Gasteiger partial charge on any atom is -0.379 e. The highest BCUT2D eigenvalue weighted by atomic mass is 32.2. The van der Waals surface area contributed by atoms with Gasteiger partial charge in [-0.25, -0.2) is 13.4 Å². The number of nitrogens with zero attached hydrogens (tertiary/aromatic N) is 2. The Morgan fingerprint density at radius 3 is 2.76 bits per heavy atom. The van der Waals surface area contributed by atoms with Gasteiger partial charge in [0.15, 0.2) is 0 Å². The Morgan fingerprint density at radius 1 is 1.29 bits per heavy atom. The molecule has 0 radical (unpaired) electrons. The fourth-order valence-corrected chi connectivity index (χ4v) is 2.59. The maximum Gasteiger partial charge on any atom is 0.229 e. The van der Waals surface area contributed by atoms with E-state index < -0.39 is 10.0 Å². The zero-order chi connectivity index (χ0) is 15.3. The number of sulfonamides is 1. The predicted octanol–water partition coefficient (Wildman–Crippen LogP) is 2.28. The summed E-state index contributed by atoms with van der Waals surface area (Å²) in [6.45, 7) is 3.70. The summed E-state index contributed by atoms with van der Waals surface area (Å²) < 4.78 is 27.0. The van der Waals surface area contributed by atoms with E-state index in [1.54, 1.807) is 18.2 Å². The van der Waals surface area contributed by atoms with E-state index in [2.05, 4.69) is 26.5 Å². The van der Waals surface area contributed by atoms with Gasteiger partial charge in [-0.3, -0.25) is 4.72 Å². The van der Waals surface area contributed by atoms with Gasteiger partial charge in [0.2, 0.25) is 10.0 Å². The summed E-state index contributed by atoms with van der Waals surface area (Å²) in [5.41, 5.74) is 2.50. The van der Waals surface area contributed by atoms with Crippen LogP contribution in [0.4, 0.5) is 11.4 Å². The van der Waals surface area contributed by atoms with Gasteiger partial charge >= 0.3 is 0 Å². The summed E-state index contributed by atoms with van der Waals surface area (Å²) in [7, 11) is -3.26.